The molecule has 2 nitrogen and oxygen atoms in total. The van der Waals surface area contributed by atoms with Gasteiger partial charge in [-0.25, -0.2) is 0 Å². The fourth-order valence-electron chi connectivity index (χ4n) is 5.90. The maximum Gasteiger partial charge on any atom is 0.288 e. The maximum atomic E-state index is 7.28. The van der Waals surface area contributed by atoms with Crippen molar-refractivity contribution in [2.24, 2.45) is 0 Å². The van der Waals surface area contributed by atoms with Crippen molar-refractivity contribution in [1.82, 2.24) is 0 Å². The standard InChI is InChI=1S/C38H42O2Si2/c1-37(2,3)39-41(31-19-11-7-12-20-31,32-21-13-8-14-22-32)35-27-29-36(30-28-35)42(40-38(4,5)6,33-23-15-9-16-24-33)34-25-17-10-18-26-34/h7-30H,1-6H3. The quantitative estimate of drug-likeness (QED) is 0.183. The summed E-state index contributed by atoms with van der Waals surface area (Å²) >= 11 is 0. The van der Waals surface area contributed by atoms with Gasteiger partial charge in [0.1, 0.15) is 0 Å². The minimum Gasteiger partial charge on any atom is -0.399 e. The zero-order valence-corrected chi connectivity index (χ0v) is 27.7. The zero-order valence-electron chi connectivity index (χ0n) is 25.7. The highest BCUT2D eigenvalue weighted by molar-refractivity contribution is 7.08. The monoisotopic (exact) mass is 586 g/mol. The lowest BCUT2D eigenvalue weighted by molar-refractivity contribution is 0.129. The fourth-order valence-corrected chi connectivity index (χ4v) is 14.4. The van der Waals surface area contributed by atoms with Crippen LogP contribution in [0.25, 0.3) is 0 Å². The van der Waals surface area contributed by atoms with Crippen LogP contribution in [-0.2, 0) is 8.85 Å². The molecular formula is C38H42O2Si2. The molecule has 0 aliphatic rings. The molecule has 0 heterocycles. The van der Waals surface area contributed by atoms with E-state index in [9.17, 15) is 0 Å². The second-order valence-electron chi connectivity index (χ2n) is 12.8. The van der Waals surface area contributed by atoms with Crippen molar-refractivity contribution in [3.63, 3.8) is 0 Å². The lowest BCUT2D eigenvalue weighted by Crippen LogP contribution is -2.73. The third-order valence-corrected chi connectivity index (χ3v) is 16.1. The highest BCUT2D eigenvalue weighted by atomic mass is 28.4. The summed E-state index contributed by atoms with van der Waals surface area (Å²) < 4.78 is 14.6. The summed E-state index contributed by atoms with van der Waals surface area (Å²) in [5.41, 5.74) is -0.697. The second-order valence-corrected chi connectivity index (χ2v) is 19.4. The molecule has 0 atom stereocenters. The van der Waals surface area contributed by atoms with Crippen LogP contribution in [-0.4, -0.2) is 27.8 Å². The lowest BCUT2D eigenvalue weighted by atomic mass is 10.2. The van der Waals surface area contributed by atoms with Crippen LogP contribution in [0.4, 0.5) is 0 Å². The zero-order chi connectivity index (χ0) is 29.8. The molecule has 0 saturated carbocycles. The number of hydrogen-bond donors (Lipinski definition) is 0. The Morgan fingerprint density at radius 1 is 0.310 bits per heavy atom. The Balaban J connectivity index is 1.78. The van der Waals surface area contributed by atoms with E-state index in [1.165, 1.54) is 31.1 Å². The summed E-state index contributed by atoms with van der Waals surface area (Å²) in [6, 6.07) is 52.4. The van der Waals surface area contributed by atoms with Crippen LogP contribution in [0.1, 0.15) is 41.5 Å². The van der Waals surface area contributed by atoms with Gasteiger partial charge in [-0.15, -0.1) is 0 Å². The van der Waals surface area contributed by atoms with Gasteiger partial charge in [-0.3, -0.25) is 0 Å². The van der Waals surface area contributed by atoms with Crippen molar-refractivity contribution in [3.8, 4) is 0 Å². The summed E-state index contributed by atoms with van der Waals surface area (Å²) in [6.45, 7) is 13.0. The van der Waals surface area contributed by atoms with Crippen LogP contribution < -0.4 is 31.1 Å². The van der Waals surface area contributed by atoms with Gasteiger partial charge in [0.05, 0.1) is 0 Å². The van der Waals surface area contributed by atoms with Crippen LogP contribution in [0, 0.1) is 0 Å². The van der Waals surface area contributed by atoms with Gasteiger partial charge < -0.3 is 8.85 Å². The summed E-state index contributed by atoms with van der Waals surface area (Å²) in [6.07, 6.45) is 0. The highest BCUT2D eigenvalue weighted by Gasteiger charge is 2.47. The summed E-state index contributed by atoms with van der Waals surface area (Å²) in [4.78, 5) is 0. The first-order chi connectivity index (χ1) is 20.0. The van der Waals surface area contributed by atoms with Crippen molar-refractivity contribution < 1.29 is 8.85 Å². The van der Waals surface area contributed by atoms with E-state index in [-0.39, 0.29) is 11.2 Å². The van der Waals surface area contributed by atoms with Crippen LogP contribution in [0.15, 0.2) is 146 Å². The molecule has 0 bridgehead atoms. The smallest absolute Gasteiger partial charge is 0.288 e. The van der Waals surface area contributed by atoms with E-state index < -0.39 is 16.6 Å². The van der Waals surface area contributed by atoms with E-state index in [1.807, 2.05) is 0 Å². The average Bonchev–Trinajstić information content (AvgIpc) is 3.00. The van der Waals surface area contributed by atoms with Crippen molar-refractivity contribution in [3.05, 3.63) is 146 Å². The van der Waals surface area contributed by atoms with Crippen LogP contribution >= 0.6 is 0 Å². The second kappa shape index (κ2) is 12.0. The first kappa shape index (κ1) is 29.9. The predicted molar refractivity (Wildman–Crippen MR) is 183 cm³/mol. The van der Waals surface area contributed by atoms with E-state index in [4.69, 9.17) is 8.85 Å². The lowest BCUT2D eigenvalue weighted by Gasteiger charge is -2.40. The molecule has 214 valence electrons. The molecule has 0 fully saturated rings. The van der Waals surface area contributed by atoms with Crippen molar-refractivity contribution in [2.75, 3.05) is 0 Å². The number of benzene rings is 5. The molecule has 0 aliphatic heterocycles. The Bertz CT molecular complexity index is 1350. The first-order valence-corrected chi connectivity index (χ1v) is 18.6. The van der Waals surface area contributed by atoms with E-state index in [0.29, 0.717) is 0 Å². The molecule has 5 aromatic carbocycles. The molecule has 0 spiro atoms. The van der Waals surface area contributed by atoms with Crippen molar-refractivity contribution in [2.45, 2.75) is 52.7 Å². The van der Waals surface area contributed by atoms with E-state index in [2.05, 4.69) is 187 Å². The van der Waals surface area contributed by atoms with E-state index in [0.717, 1.165) is 0 Å². The largest absolute Gasteiger partial charge is 0.399 e. The number of rotatable bonds is 8. The van der Waals surface area contributed by atoms with Crippen LogP contribution in [0.5, 0.6) is 0 Å². The molecule has 4 heteroatoms. The molecule has 0 unspecified atom stereocenters. The third-order valence-electron chi connectivity index (χ3n) is 7.34. The molecule has 0 N–H and O–H groups in total. The molecule has 42 heavy (non-hydrogen) atoms. The molecule has 5 aromatic rings. The fraction of sp³-hybridized carbons (Fsp3) is 0.211. The molecule has 0 radical (unpaired) electrons. The normalized spacial score (nSPS) is 12.7. The van der Waals surface area contributed by atoms with Crippen molar-refractivity contribution in [1.29, 1.82) is 0 Å². The van der Waals surface area contributed by atoms with Crippen molar-refractivity contribution >= 4 is 47.8 Å². The summed E-state index contributed by atoms with van der Waals surface area (Å²) in [7, 11) is -5.74. The molecule has 0 saturated heterocycles. The summed E-state index contributed by atoms with van der Waals surface area (Å²) in [5.74, 6) is 0. The van der Waals surface area contributed by atoms with Gasteiger partial charge in [-0.2, -0.15) is 0 Å². The SMILES string of the molecule is CC(C)(C)O[Si](c1ccccc1)(c1ccccc1)c1ccc([Si](OC(C)(C)C)(c2ccccc2)c2ccccc2)cc1. The summed E-state index contributed by atoms with van der Waals surface area (Å²) in [5, 5.41) is 7.38. The maximum absolute atomic E-state index is 7.28. The Kier molecular flexibility index (Phi) is 8.54. The van der Waals surface area contributed by atoms with Gasteiger partial charge in [-0.1, -0.05) is 146 Å². The van der Waals surface area contributed by atoms with Gasteiger partial charge in [0.2, 0.25) is 0 Å². The van der Waals surface area contributed by atoms with E-state index in [1.54, 1.807) is 0 Å². The number of hydrogen-bond acceptors (Lipinski definition) is 2. The van der Waals surface area contributed by atoms with Gasteiger partial charge in [0.25, 0.3) is 16.6 Å². The highest BCUT2D eigenvalue weighted by Crippen LogP contribution is 2.21. The Morgan fingerprint density at radius 3 is 0.690 bits per heavy atom. The van der Waals surface area contributed by atoms with Crippen LogP contribution in [0.3, 0.4) is 0 Å². The third kappa shape index (κ3) is 6.13. The molecule has 0 aromatic heterocycles. The minimum atomic E-state index is -2.87. The van der Waals surface area contributed by atoms with Gasteiger partial charge in [0, 0.05) is 11.2 Å². The minimum absolute atomic E-state index is 0.349. The molecule has 5 rings (SSSR count). The Labute approximate surface area is 254 Å². The average molecular weight is 587 g/mol. The van der Waals surface area contributed by atoms with Gasteiger partial charge in [-0.05, 0) is 72.7 Å². The van der Waals surface area contributed by atoms with Crippen LogP contribution in [0.2, 0.25) is 0 Å². The Hall–Kier alpha value is -3.55. The van der Waals surface area contributed by atoms with Gasteiger partial charge >= 0.3 is 0 Å². The predicted octanol–water partition coefficient (Wildman–Crippen LogP) is 5.25. The molecule has 0 amide bonds. The van der Waals surface area contributed by atoms with E-state index >= 15 is 0 Å². The topological polar surface area (TPSA) is 18.5 Å². The first-order valence-electron chi connectivity index (χ1n) is 14.8. The molecular weight excluding hydrogens is 545 g/mol. The van der Waals surface area contributed by atoms with Gasteiger partial charge in [0.15, 0.2) is 0 Å². The molecule has 0 aliphatic carbocycles. The Morgan fingerprint density at radius 2 is 0.500 bits per heavy atom.